The molecule has 0 atom stereocenters. The van der Waals surface area contributed by atoms with Gasteiger partial charge in [-0.3, -0.25) is 10.1 Å². The third-order valence-electron chi connectivity index (χ3n) is 3.56. The standard InChI is InChI=1S/C18H14N4O3/c1-2-25-17-8-7-12(10-16(17)22(23)24)9-13(11-19)18-20-14-5-3-4-6-15(14)21-18/h3-10H,2H2,1H3,(H,20,21)/b13-9-. The van der Waals surface area contributed by atoms with Crippen LogP contribution >= 0.6 is 0 Å². The molecule has 0 bridgehead atoms. The largest absolute Gasteiger partial charge is 0.487 e. The minimum atomic E-state index is -0.504. The van der Waals surface area contributed by atoms with Gasteiger partial charge in [-0.05, 0) is 36.8 Å². The number of ether oxygens (including phenoxy) is 1. The Bertz CT molecular complexity index is 982. The highest BCUT2D eigenvalue weighted by atomic mass is 16.6. The third-order valence-corrected chi connectivity index (χ3v) is 3.56. The fourth-order valence-corrected chi connectivity index (χ4v) is 2.45. The Kier molecular flexibility index (Phi) is 4.44. The number of aromatic amines is 1. The van der Waals surface area contributed by atoms with Gasteiger partial charge in [0.15, 0.2) is 5.75 Å². The number of para-hydroxylation sites is 2. The number of nitriles is 1. The number of H-pyrrole nitrogens is 1. The second kappa shape index (κ2) is 6.84. The molecule has 0 aliphatic carbocycles. The molecule has 0 spiro atoms. The summed E-state index contributed by atoms with van der Waals surface area (Å²) in [7, 11) is 0. The molecule has 124 valence electrons. The van der Waals surface area contributed by atoms with E-state index in [9.17, 15) is 15.4 Å². The highest BCUT2D eigenvalue weighted by molar-refractivity contribution is 5.90. The van der Waals surface area contributed by atoms with Gasteiger partial charge >= 0.3 is 5.69 Å². The molecule has 7 heteroatoms. The van der Waals surface area contributed by atoms with Crippen LogP contribution in [-0.2, 0) is 0 Å². The van der Waals surface area contributed by atoms with E-state index in [0.717, 1.165) is 11.0 Å². The molecule has 3 aromatic rings. The minimum Gasteiger partial charge on any atom is -0.487 e. The van der Waals surface area contributed by atoms with Crippen LogP contribution < -0.4 is 4.74 Å². The molecular formula is C18H14N4O3. The van der Waals surface area contributed by atoms with Crippen molar-refractivity contribution < 1.29 is 9.66 Å². The van der Waals surface area contributed by atoms with Gasteiger partial charge in [0.2, 0.25) is 0 Å². The number of nitro benzene ring substituents is 1. The van der Waals surface area contributed by atoms with Gasteiger partial charge in [-0.25, -0.2) is 4.98 Å². The fraction of sp³-hybridized carbons (Fsp3) is 0.111. The zero-order valence-electron chi connectivity index (χ0n) is 13.4. The van der Waals surface area contributed by atoms with Crippen LogP contribution in [0.3, 0.4) is 0 Å². The van der Waals surface area contributed by atoms with E-state index in [2.05, 4.69) is 16.0 Å². The van der Waals surface area contributed by atoms with E-state index in [1.165, 1.54) is 12.1 Å². The number of aromatic nitrogens is 2. The maximum atomic E-state index is 11.2. The van der Waals surface area contributed by atoms with Crippen molar-refractivity contribution in [2.75, 3.05) is 6.61 Å². The van der Waals surface area contributed by atoms with Crippen molar-refractivity contribution in [2.45, 2.75) is 6.92 Å². The summed E-state index contributed by atoms with van der Waals surface area (Å²) in [4.78, 5) is 18.2. The van der Waals surface area contributed by atoms with Gasteiger partial charge in [-0.1, -0.05) is 18.2 Å². The molecule has 0 unspecified atom stereocenters. The molecule has 0 aliphatic heterocycles. The smallest absolute Gasteiger partial charge is 0.311 e. The Morgan fingerprint density at radius 2 is 2.20 bits per heavy atom. The number of hydrogen-bond donors (Lipinski definition) is 1. The number of rotatable bonds is 5. The van der Waals surface area contributed by atoms with Crippen molar-refractivity contribution in [3.05, 3.63) is 64.0 Å². The molecule has 2 aromatic carbocycles. The zero-order valence-corrected chi connectivity index (χ0v) is 13.4. The third kappa shape index (κ3) is 3.33. The summed E-state index contributed by atoms with van der Waals surface area (Å²) in [5.41, 5.74) is 2.23. The molecule has 0 amide bonds. The van der Waals surface area contributed by atoms with Crippen molar-refractivity contribution in [1.29, 1.82) is 5.26 Å². The van der Waals surface area contributed by atoms with Gasteiger partial charge in [-0.15, -0.1) is 0 Å². The molecule has 7 nitrogen and oxygen atoms in total. The first kappa shape index (κ1) is 16.2. The maximum Gasteiger partial charge on any atom is 0.311 e. The van der Waals surface area contributed by atoms with Crippen LogP contribution in [0, 0.1) is 21.4 Å². The first-order valence-corrected chi connectivity index (χ1v) is 7.60. The number of nitrogens with one attached hydrogen (secondary N) is 1. The van der Waals surface area contributed by atoms with E-state index in [0.29, 0.717) is 18.0 Å². The van der Waals surface area contributed by atoms with Crippen LogP contribution in [-0.4, -0.2) is 21.5 Å². The Labute approximate surface area is 143 Å². The molecule has 1 heterocycles. The van der Waals surface area contributed by atoms with E-state index in [1.54, 1.807) is 19.1 Å². The number of nitro groups is 1. The first-order chi connectivity index (χ1) is 12.1. The van der Waals surface area contributed by atoms with Crippen LogP contribution in [0.5, 0.6) is 5.75 Å². The quantitative estimate of drug-likeness (QED) is 0.432. The Hall–Kier alpha value is -3.66. The van der Waals surface area contributed by atoms with Gasteiger partial charge in [-0.2, -0.15) is 5.26 Å². The van der Waals surface area contributed by atoms with Gasteiger partial charge in [0.25, 0.3) is 0 Å². The summed E-state index contributed by atoms with van der Waals surface area (Å²) in [6.07, 6.45) is 1.56. The maximum absolute atomic E-state index is 11.2. The Morgan fingerprint density at radius 3 is 2.88 bits per heavy atom. The molecule has 0 fully saturated rings. The van der Waals surface area contributed by atoms with Crippen molar-refractivity contribution in [3.63, 3.8) is 0 Å². The van der Waals surface area contributed by atoms with Gasteiger partial charge in [0.05, 0.1) is 28.1 Å². The first-order valence-electron chi connectivity index (χ1n) is 7.60. The molecule has 0 aliphatic rings. The lowest BCUT2D eigenvalue weighted by molar-refractivity contribution is -0.385. The van der Waals surface area contributed by atoms with E-state index >= 15 is 0 Å². The molecule has 3 rings (SSSR count). The van der Waals surface area contributed by atoms with Gasteiger partial charge in [0, 0.05) is 6.07 Å². The van der Waals surface area contributed by atoms with E-state index in [1.807, 2.05) is 24.3 Å². The molecular weight excluding hydrogens is 320 g/mol. The van der Waals surface area contributed by atoms with E-state index in [4.69, 9.17) is 4.74 Å². The SMILES string of the molecule is CCOc1ccc(/C=C(/C#N)c2nc3ccccc3[nH]2)cc1[N+](=O)[O-]. The van der Waals surface area contributed by atoms with Crippen LogP contribution in [0.2, 0.25) is 0 Å². The minimum absolute atomic E-state index is 0.141. The normalized spacial score (nSPS) is 11.3. The Balaban J connectivity index is 2.03. The summed E-state index contributed by atoms with van der Waals surface area (Å²) in [5, 5.41) is 20.7. The number of allylic oxidation sites excluding steroid dienone is 1. The average Bonchev–Trinajstić information content (AvgIpc) is 3.04. The molecule has 0 radical (unpaired) electrons. The predicted molar refractivity (Wildman–Crippen MR) is 93.8 cm³/mol. The lowest BCUT2D eigenvalue weighted by Crippen LogP contribution is -1.97. The monoisotopic (exact) mass is 334 g/mol. The van der Waals surface area contributed by atoms with Crippen molar-refractivity contribution in [2.24, 2.45) is 0 Å². The Morgan fingerprint density at radius 1 is 1.40 bits per heavy atom. The van der Waals surface area contributed by atoms with Crippen molar-refractivity contribution >= 4 is 28.4 Å². The highest BCUT2D eigenvalue weighted by Gasteiger charge is 2.16. The van der Waals surface area contributed by atoms with Crippen LogP contribution in [0.1, 0.15) is 18.3 Å². The van der Waals surface area contributed by atoms with Crippen LogP contribution in [0.15, 0.2) is 42.5 Å². The fourth-order valence-electron chi connectivity index (χ4n) is 2.45. The topological polar surface area (TPSA) is 105 Å². The van der Waals surface area contributed by atoms with E-state index in [-0.39, 0.29) is 17.0 Å². The summed E-state index contributed by atoms with van der Waals surface area (Å²) in [6.45, 7) is 2.09. The second-order valence-electron chi connectivity index (χ2n) is 5.19. The number of benzene rings is 2. The van der Waals surface area contributed by atoms with Crippen molar-refractivity contribution in [3.8, 4) is 11.8 Å². The lowest BCUT2D eigenvalue weighted by atomic mass is 10.1. The molecule has 1 aromatic heterocycles. The molecule has 1 N–H and O–H groups in total. The highest BCUT2D eigenvalue weighted by Crippen LogP contribution is 2.29. The second-order valence-corrected chi connectivity index (χ2v) is 5.19. The predicted octanol–water partition coefficient (Wildman–Crippen LogP) is 3.93. The molecule has 0 saturated heterocycles. The number of imidazole rings is 1. The van der Waals surface area contributed by atoms with Gasteiger partial charge in [0.1, 0.15) is 11.9 Å². The zero-order chi connectivity index (χ0) is 17.8. The number of nitrogens with zero attached hydrogens (tertiary/aromatic N) is 3. The van der Waals surface area contributed by atoms with E-state index < -0.39 is 4.92 Å². The summed E-state index contributed by atoms with van der Waals surface area (Å²) in [6, 6.07) is 14.1. The summed E-state index contributed by atoms with van der Waals surface area (Å²) in [5.74, 6) is 0.618. The molecule has 0 saturated carbocycles. The lowest BCUT2D eigenvalue weighted by Gasteiger charge is -2.04. The van der Waals surface area contributed by atoms with Crippen LogP contribution in [0.4, 0.5) is 5.69 Å². The summed E-state index contributed by atoms with van der Waals surface area (Å²) < 4.78 is 5.26. The van der Waals surface area contributed by atoms with Gasteiger partial charge < -0.3 is 9.72 Å². The molecule has 25 heavy (non-hydrogen) atoms. The number of fused-ring (bicyclic) bond motifs is 1. The average molecular weight is 334 g/mol. The number of hydrogen-bond acceptors (Lipinski definition) is 5. The van der Waals surface area contributed by atoms with Crippen LogP contribution in [0.25, 0.3) is 22.7 Å². The van der Waals surface area contributed by atoms with Crippen molar-refractivity contribution in [1.82, 2.24) is 9.97 Å². The summed E-state index contributed by atoms with van der Waals surface area (Å²) >= 11 is 0.